The number of carbonyl (C=O) groups excluding carboxylic acids is 1. The molecule has 2 aromatic heterocycles. The molecule has 0 aliphatic rings. The molecule has 0 radical (unpaired) electrons. The molecule has 0 saturated carbocycles. The first-order valence-corrected chi connectivity index (χ1v) is 5.61. The van der Waals surface area contributed by atoms with Crippen molar-refractivity contribution < 1.29 is 9.21 Å². The number of rotatable bonds is 2. The second-order valence-corrected chi connectivity index (χ2v) is 4.15. The summed E-state index contributed by atoms with van der Waals surface area (Å²) >= 11 is 5.88. The Bertz CT molecular complexity index is 722. The van der Waals surface area contributed by atoms with Gasteiger partial charge in [0.05, 0.1) is 6.20 Å². The highest BCUT2D eigenvalue weighted by Crippen LogP contribution is 2.24. The number of benzene rings is 1. The topological polar surface area (TPSA) is 56.0 Å². The van der Waals surface area contributed by atoms with Gasteiger partial charge in [0.1, 0.15) is 11.3 Å². The summed E-state index contributed by atoms with van der Waals surface area (Å²) < 4.78 is 5.46. The summed E-state index contributed by atoms with van der Waals surface area (Å²) in [5, 5.41) is 1.39. The predicted molar refractivity (Wildman–Crippen MR) is 66.7 cm³/mol. The molecule has 1 aromatic carbocycles. The average molecular weight is 259 g/mol. The third-order valence-corrected chi connectivity index (χ3v) is 2.73. The lowest BCUT2D eigenvalue weighted by atomic mass is 10.2. The van der Waals surface area contributed by atoms with E-state index >= 15 is 0 Å². The number of aromatic nitrogens is 2. The molecule has 0 aliphatic heterocycles. The summed E-state index contributed by atoms with van der Waals surface area (Å²) in [4.78, 5) is 19.9. The van der Waals surface area contributed by atoms with Crippen molar-refractivity contribution in [3.8, 4) is 0 Å². The first-order valence-electron chi connectivity index (χ1n) is 5.24. The van der Waals surface area contributed by atoms with Crippen LogP contribution in [0.5, 0.6) is 0 Å². The Morgan fingerprint density at radius 2 is 2.11 bits per heavy atom. The van der Waals surface area contributed by atoms with E-state index in [2.05, 4.69) is 9.97 Å². The van der Waals surface area contributed by atoms with E-state index in [1.807, 2.05) is 0 Å². The Kier molecular flexibility index (Phi) is 2.57. The van der Waals surface area contributed by atoms with Gasteiger partial charge in [0.15, 0.2) is 5.76 Å². The molecular formula is C13H7ClN2O2. The van der Waals surface area contributed by atoms with Gasteiger partial charge in [0.2, 0.25) is 5.78 Å². The Morgan fingerprint density at radius 1 is 1.22 bits per heavy atom. The van der Waals surface area contributed by atoms with Crippen molar-refractivity contribution in [2.45, 2.75) is 0 Å². The number of halogens is 1. The van der Waals surface area contributed by atoms with Gasteiger partial charge in [-0.1, -0.05) is 11.6 Å². The molecule has 0 N–H and O–H groups in total. The summed E-state index contributed by atoms with van der Waals surface area (Å²) in [6, 6.07) is 6.83. The van der Waals surface area contributed by atoms with Crippen molar-refractivity contribution in [2.24, 2.45) is 0 Å². The molecule has 0 spiro atoms. The number of hydrogen-bond acceptors (Lipinski definition) is 4. The summed E-state index contributed by atoms with van der Waals surface area (Å²) in [6.45, 7) is 0. The fourth-order valence-electron chi connectivity index (χ4n) is 1.67. The predicted octanol–water partition coefficient (Wildman–Crippen LogP) is 3.11. The van der Waals surface area contributed by atoms with E-state index in [-0.39, 0.29) is 17.2 Å². The molecule has 2 heterocycles. The van der Waals surface area contributed by atoms with Crippen LogP contribution in [0.25, 0.3) is 11.0 Å². The third-order valence-electron chi connectivity index (χ3n) is 2.50. The maximum absolute atomic E-state index is 12.1. The monoisotopic (exact) mass is 258 g/mol. The number of fused-ring (bicyclic) bond motifs is 1. The van der Waals surface area contributed by atoms with E-state index in [1.54, 1.807) is 24.3 Å². The lowest BCUT2D eigenvalue weighted by Crippen LogP contribution is -2.02. The van der Waals surface area contributed by atoms with Crippen LogP contribution in [-0.2, 0) is 0 Å². The van der Waals surface area contributed by atoms with Crippen molar-refractivity contribution in [3.05, 3.63) is 59.3 Å². The summed E-state index contributed by atoms with van der Waals surface area (Å²) in [7, 11) is 0. The van der Waals surface area contributed by atoms with E-state index in [1.165, 1.54) is 18.6 Å². The highest BCUT2D eigenvalue weighted by molar-refractivity contribution is 6.31. The van der Waals surface area contributed by atoms with E-state index < -0.39 is 0 Å². The quantitative estimate of drug-likeness (QED) is 0.663. The highest BCUT2D eigenvalue weighted by atomic mass is 35.5. The maximum Gasteiger partial charge on any atom is 0.248 e. The first-order chi connectivity index (χ1) is 8.74. The Hall–Kier alpha value is -2.20. The van der Waals surface area contributed by atoms with Crippen LogP contribution in [0.15, 0.2) is 47.3 Å². The number of ketones is 1. The number of furan rings is 1. The van der Waals surface area contributed by atoms with Crippen LogP contribution in [0, 0.1) is 0 Å². The zero-order valence-corrected chi connectivity index (χ0v) is 9.89. The molecule has 3 aromatic rings. The molecule has 0 saturated heterocycles. The number of nitrogens with zero attached hydrogens (tertiary/aromatic N) is 2. The molecule has 5 heteroatoms. The minimum Gasteiger partial charge on any atom is -0.453 e. The van der Waals surface area contributed by atoms with E-state index in [0.717, 1.165) is 5.39 Å². The first kappa shape index (κ1) is 10.9. The summed E-state index contributed by atoms with van der Waals surface area (Å²) in [5.74, 6) is -0.0665. The van der Waals surface area contributed by atoms with E-state index in [0.29, 0.717) is 10.6 Å². The van der Waals surface area contributed by atoms with Gasteiger partial charge in [0.25, 0.3) is 0 Å². The SMILES string of the molecule is O=C(c1cnccn1)c1cc2cc(Cl)ccc2o1. The van der Waals surface area contributed by atoms with Crippen LogP contribution in [0.2, 0.25) is 5.02 Å². The van der Waals surface area contributed by atoms with Crippen LogP contribution in [0.3, 0.4) is 0 Å². The second kappa shape index (κ2) is 4.23. The molecule has 0 amide bonds. The summed E-state index contributed by atoms with van der Waals surface area (Å²) in [5.41, 5.74) is 0.870. The fraction of sp³-hybridized carbons (Fsp3) is 0. The van der Waals surface area contributed by atoms with Crippen molar-refractivity contribution in [1.82, 2.24) is 9.97 Å². The lowest BCUT2D eigenvalue weighted by Gasteiger charge is -1.93. The van der Waals surface area contributed by atoms with Gasteiger partial charge in [-0.3, -0.25) is 9.78 Å². The van der Waals surface area contributed by atoms with Crippen molar-refractivity contribution in [3.63, 3.8) is 0 Å². The van der Waals surface area contributed by atoms with Crippen molar-refractivity contribution >= 4 is 28.4 Å². The van der Waals surface area contributed by atoms with Crippen LogP contribution < -0.4 is 0 Å². The van der Waals surface area contributed by atoms with Crippen LogP contribution >= 0.6 is 11.6 Å². The normalized spacial score (nSPS) is 10.7. The Balaban J connectivity index is 2.07. The lowest BCUT2D eigenvalue weighted by molar-refractivity contribution is 0.101. The third kappa shape index (κ3) is 1.87. The molecule has 0 bridgehead atoms. The van der Waals surface area contributed by atoms with Gasteiger partial charge in [-0.25, -0.2) is 4.98 Å². The Labute approximate surface area is 107 Å². The minimum atomic E-state index is -0.296. The van der Waals surface area contributed by atoms with Crippen LogP contribution in [-0.4, -0.2) is 15.8 Å². The standard InChI is InChI=1S/C13H7ClN2O2/c14-9-1-2-11-8(5-9)6-12(18-11)13(17)10-7-15-3-4-16-10/h1-7H. The average Bonchev–Trinajstić information content (AvgIpc) is 2.81. The van der Waals surface area contributed by atoms with E-state index in [4.69, 9.17) is 16.0 Å². The van der Waals surface area contributed by atoms with Crippen molar-refractivity contribution in [1.29, 1.82) is 0 Å². The molecular weight excluding hydrogens is 252 g/mol. The largest absolute Gasteiger partial charge is 0.453 e. The van der Waals surface area contributed by atoms with E-state index in [9.17, 15) is 4.79 Å². The minimum absolute atomic E-state index is 0.229. The molecule has 3 rings (SSSR count). The Morgan fingerprint density at radius 3 is 2.89 bits per heavy atom. The van der Waals surface area contributed by atoms with Gasteiger partial charge in [0, 0.05) is 22.8 Å². The maximum atomic E-state index is 12.1. The smallest absolute Gasteiger partial charge is 0.248 e. The van der Waals surface area contributed by atoms with Gasteiger partial charge < -0.3 is 4.42 Å². The van der Waals surface area contributed by atoms with Gasteiger partial charge in [-0.05, 0) is 24.3 Å². The second-order valence-electron chi connectivity index (χ2n) is 3.71. The van der Waals surface area contributed by atoms with Gasteiger partial charge in [-0.2, -0.15) is 0 Å². The van der Waals surface area contributed by atoms with Gasteiger partial charge >= 0.3 is 0 Å². The zero-order chi connectivity index (χ0) is 12.5. The highest BCUT2D eigenvalue weighted by Gasteiger charge is 2.15. The molecule has 0 unspecified atom stereocenters. The fourth-order valence-corrected chi connectivity index (χ4v) is 1.85. The van der Waals surface area contributed by atoms with Crippen LogP contribution in [0.1, 0.15) is 16.2 Å². The summed E-state index contributed by atoms with van der Waals surface area (Å²) in [6.07, 6.45) is 4.38. The molecule has 0 atom stereocenters. The number of carbonyl (C=O) groups is 1. The molecule has 0 fully saturated rings. The number of hydrogen-bond donors (Lipinski definition) is 0. The van der Waals surface area contributed by atoms with Crippen molar-refractivity contribution in [2.75, 3.05) is 0 Å². The van der Waals surface area contributed by atoms with Crippen LogP contribution in [0.4, 0.5) is 0 Å². The molecule has 18 heavy (non-hydrogen) atoms. The molecule has 0 aliphatic carbocycles. The molecule has 4 nitrogen and oxygen atoms in total. The zero-order valence-electron chi connectivity index (χ0n) is 9.13. The van der Waals surface area contributed by atoms with Gasteiger partial charge in [-0.15, -0.1) is 0 Å². The molecule has 88 valence electrons.